The number of halogens is 1. The van der Waals surface area contributed by atoms with Gasteiger partial charge < -0.3 is 4.74 Å². The van der Waals surface area contributed by atoms with E-state index in [9.17, 15) is 13.2 Å². The van der Waals surface area contributed by atoms with Crippen LogP contribution in [0, 0.1) is 0 Å². The van der Waals surface area contributed by atoms with E-state index < -0.39 is 16.0 Å². The van der Waals surface area contributed by atoms with Gasteiger partial charge in [0.05, 0.1) is 11.5 Å². The molecule has 0 unspecified atom stereocenters. The van der Waals surface area contributed by atoms with E-state index in [0.717, 1.165) is 5.56 Å². The molecule has 24 heavy (non-hydrogen) atoms. The van der Waals surface area contributed by atoms with Crippen molar-refractivity contribution in [1.29, 1.82) is 0 Å². The predicted molar refractivity (Wildman–Crippen MR) is 94.4 cm³/mol. The molecule has 0 bridgehead atoms. The van der Waals surface area contributed by atoms with Gasteiger partial charge in [-0.15, -0.1) is 0 Å². The van der Waals surface area contributed by atoms with E-state index in [-0.39, 0.29) is 4.90 Å². The number of hydrogen-bond donors (Lipinski definition) is 1. The average Bonchev–Trinajstić information content (AvgIpc) is 2.54. The monoisotopic (exact) mass is 365 g/mol. The number of esters is 1. The Hall–Kier alpha value is -2.31. The summed E-state index contributed by atoms with van der Waals surface area (Å²) in [6, 6.07) is 12.6. The van der Waals surface area contributed by atoms with E-state index in [1.807, 2.05) is 0 Å². The predicted octanol–water partition coefficient (Wildman–Crippen LogP) is 3.72. The second-order valence-corrected chi connectivity index (χ2v) is 6.89. The number of carbonyl (C=O) groups excluding carboxylic acids is 1. The maximum absolute atomic E-state index is 12.3. The van der Waals surface area contributed by atoms with Crippen LogP contribution in [0.3, 0.4) is 0 Å². The van der Waals surface area contributed by atoms with Gasteiger partial charge in [-0.1, -0.05) is 29.8 Å². The molecule has 0 aromatic heterocycles. The van der Waals surface area contributed by atoms with E-state index in [4.69, 9.17) is 16.3 Å². The summed E-state index contributed by atoms with van der Waals surface area (Å²) in [6.45, 7) is 2.04. The summed E-state index contributed by atoms with van der Waals surface area (Å²) in [5, 5.41) is 0.345. The zero-order valence-electron chi connectivity index (χ0n) is 12.9. The second kappa shape index (κ2) is 7.99. The summed E-state index contributed by atoms with van der Waals surface area (Å²) >= 11 is 5.82. The van der Waals surface area contributed by atoms with Gasteiger partial charge in [0.15, 0.2) is 0 Å². The number of carbonyl (C=O) groups is 1. The number of rotatable bonds is 6. The lowest BCUT2D eigenvalue weighted by molar-refractivity contribution is -0.137. The van der Waals surface area contributed by atoms with Crippen molar-refractivity contribution >= 4 is 39.4 Å². The molecular formula is C17H16ClNO4S. The van der Waals surface area contributed by atoms with E-state index in [0.29, 0.717) is 17.3 Å². The standard InChI is InChI=1S/C17H16ClNO4S/c1-2-23-17(20)11-8-13-6-9-15(10-7-13)19-24(21,22)16-5-3-4-14(18)12-16/h3-12,19H,2H2,1H3/b11-8+. The van der Waals surface area contributed by atoms with E-state index in [1.165, 1.54) is 18.2 Å². The van der Waals surface area contributed by atoms with Crippen LogP contribution in [0.25, 0.3) is 6.08 Å². The maximum Gasteiger partial charge on any atom is 0.330 e. The van der Waals surface area contributed by atoms with E-state index >= 15 is 0 Å². The Morgan fingerprint density at radius 2 is 1.92 bits per heavy atom. The Morgan fingerprint density at radius 3 is 2.54 bits per heavy atom. The SMILES string of the molecule is CCOC(=O)/C=C/c1ccc(NS(=O)(=O)c2cccc(Cl)c2)cc1. The van der Waals surface area contributed by atoms with Gasteiger partial charge in [0, 0.05) is 16.8 Å². The van der Waals surface area contributed by atoms with Crippen molar-refractivity contribution in [1.82, 2.24) is 0 Å². The molecule has 126 valence electrons. The van der Waals surface area contributed by atoms with Crippen molar-refractivity contribution in [2.24, 2.45) is 0 Å². The smallest absolute Gasteiger partial charge is 0.330 e. The first-order chi connectivity index (χ1) is 11.4. The fourth-order valence-corrected chi connectivity index (χ4v) is 3.22. The molecule has 2 rings (SSSR count). The number of sulfonamides is 1. The minimum atomic E-state index is -3.71. The Bertz CT molecular complexity index is 845. The molecule has 1 N–H and O–H groups in total. The molecule has 2 aromatic carbocycles. The lowest BCUT2D eigenvalue weighted by Crippen LogP contribution is -2.12. The third-order valence-corrected chi connectivity index (χ3v) is 4.58. The summed E-state index contributed by atoms with van der Waals surface area (Å²) in [7, 11) is -3.71. The van der Waals surface area contributed by atoms with Crippen LogP contribution in [-0.2, 0) is 19.6 Å². The minimum Gasteiger partial charge on any atom is -0.463 e. The zero-order chi connectivity index (χ0) is 17.6. The van der Waals surface area contributed by atoms with E-state index in [2.05, 4.69) is 4.72 Å². The molecule has 7 heteroatoms. The molecule has 0 aliphatic rings. The topological polar surface area (TPSA) is 72.5 Å². The third kappa shape index (κ3) is 5.11. The molecule has 5 nitrogen and oxygen atoms in total. The number of hydrogen-bond acceptors (Lipinski definition) is 4. The molecule has 0 saturated carbocycles. The van der Waals surface area contributed by atoms with Gasteiger partial charge in [0.1, 0.15) is 0 Å². The van der Waals surface area contributed by atoms with Gasteiger partial charge in [0.25, 0.3) is 10.0 Å². The van der Waals surface area contributed by atoms with Crippen molar-refractivity contribution in [2.45, 2.75) is 11.8 Å². The highest BCUT2D eigenvalue weighted by molar-refractivity contribution is 7.92. The highest BCUT2D eigenvalue weighted by Crippen LogP contribution is 2.19. The fourth-order valence-electron chi connectivity index (χ4n) is 1.87. The van der Waals surface area contributed by atoms with Gasteiger partial charge in [-0.25, -0.2) is 13.2 Å². The summed E-state index contributed by atoms with van der Waals surface area (Å²) in [5.41, 5.74) is 1.15. The Balaban J connectivity index is 2.10. The van der Waals surface area contributed by atoms with Crippen LogP contribution in [0.4, 0.5) is 5.69 Å². The van der Waals surface area contributed by atoms with Crippen LogP contribution >= 0.6 is 11.6 Å². The number of ether oxygens (including phenoxy) is 1. The van der Waals surface area contributed by atoms with Crippen LogP contribution < -0.4 is 4.72 Å². The highest BCUT2D eigenvalue weighted by Gasteiger charge is 2.14. The molecule has 0 spiro atoms. The van der Waals surface area contributed by atoms with Crippen molar-refractivity contribution in [2.75, 3.05) is 11.3 Å². The van der Waals surface area contributed by atoms with E-state index in [1.54, 1.807) is 49.4 Å². The zero-order valence-corrected chi connectivity index (χ0v) is 14.5. The lowest BCUT2D eigenvalue weighted by Gasteiger charge is -2.08. The molecule has 0 radical (unpaired) electrons. The number of nitrogens with one attached hydrogen (secondary N) is 1. The Labute approximate surface area is 146 Å². The maximum atomic E-state index is 12.3. The minimum absolute atomic E-state index is 0.0845. The summed E-state index contributed by atoms with van der Waals surface area (Å²) in [4.78, 5) is 11.3. The third-order valence-electron chi connectivity index (χ3n) is 2.97. The van der Waals surface area contributed by atoms with Gasteiger partial charge in [-0.05, 0) is 48.9 Å². The van der Waals surface area contributed by atoms with Crippen LogP contribution in [0.15, 0.2) is 59.5 Å². The normalized spacial score (nSPS) is 11.4. The lowest BCUT2D eigenvalue weighted by atomic mass is 10.2. The molecule has 0 saturated heterocycles. The Kier molecular flexibility index (Phi) is 6.00. The fraction of sp³-hybridized carbons (Fsp3) is 0.118. The van der Waals surface area contributed by atoms with Crippen LogP contribution in [0.2, 0.25) is 5.02 Å². The second-order valence-electron chi connectivity index (χ2n) is 4.77. The van der Waals surface area contributed by atoms with Gasteiger partial charge in [-0.3, -0.25) is 4.72 Å². The largest absolute Gasteiger partial charge is 0.463 e. The quantitative estimate of drug-likeness (QED) is 0.625. The van der Waals surface area contributed by atoms with Gasteiger partial charge >= 0.3 is 5.97 Å². The van der Waals surface area contributed by atoms with Crippen molar-refractivity contribution in [3.63, 3.8) is 0 Å². The van der Waals surface area contributed by atoms with Crippen molar-refractivity contribution in [3.8, 4) is 0 Å². The first-order valence-electron chi connectivity index (χ1n) is 7.14. The summed E-state index contributed by atoms with van der Waals surface area (Å²) in [6.07, 6.45) is 2.90. The summed E-state index contributed by atoms with van der Waals surface area (Å²) < 4.78 is 31.8. The van der Waals surface area contributed by atoms with Crippen LogP contribution in [0.1, 0.15) is 12.5 Å². The van der Waals surface area contributed by atoms with Crippen molar-refractivity contribution < 1.29 is 17.9 Å². The Morgan fingerprint density at radius 1 is 1.21 bits per heavy atom. The summed E-state index contributed by atoms with van der Waals surface area (Å²) in [5.74, 6) is -0.428. The molecule has 0 aliphatic carbocycles. The molecule has 0 heterocycles. The highest BCUT2D eigenvalue weighted by atomic mass is 35.5. The van der Waals surface area contributed by atoms with Gasteiger partial charge in [-0.2, -0.15) is 0 Å². The molecule has 0 aliphatic heterocycles. The molecule has 2 aromatic rings. The molecule has 0 atom stereocenters. The molecule has 0 fully saturated rings. The van der Waals surface area contributed by atoms with Crippen molar-refractivity contribution in [3.05, 3.63) is 65.2 Å². The first kappa shape index (κ1) is 18.0. The molecular weight excluding hydrogens is 350 g/mol. The molecule has 0 amide bonds. The average molecular weight is 366 g/mol. The number of anilines is 1. The van der Waals surface area contributed by atoms with Crippen LogP contribution in [-0.4, -0.2) is 21.0 Å². The first-order valence-corrected chi connectivity index (χ1v) is 9.00. The van der Waals surface area contributed by atoms with Crippen LogP contribution in [0.5, 0.6) is 0 Å². The number of benzene rings is 2. The van der Waals surface area contributed by atoms with Gasteiger partial charge in [0.2, 0.25) is 0 Å².